The molecule has 8 nitrogen and oxygen atoms in total. The van der Waals surface area contributed by atoms with E-state index in [9.17, 15) is 21.9 Å². The highest BCUT2D eigenvalue weighted by molar-refractivity contribution is 9.10. The van der Waals surface area contributed by atoms with Crippen molar-refractivity contribution in [3.63, 3.8) is 0 Å². The van der Waals surface area contributed by atoms with Crippen LogP contribution in [0.4, 0.5) is 0 Å². The first-order valence-electron chi connectivity index (χ1n) is 15.0. The molecule has 5 aromatic rings. The molecule has 1 fully saturated rings. The van der Waals surface area contributed by atoms with Crippen LogP contribution in [0.2, 0.25) is 0 Å². The zero-order valence-corrected chi connectivity index (χ0v) is 29.0. The highest BCUT2D eigenvalue weighted by atomic mass is 79.9. The van der Waals surface area contributed by atoms with Gasteiger partial charge in [-0.05, 0) is 61.4 Å². The highest BCUT2D eigenvalue weighted by Gasteiger charge is 2.38. The van der Waals surface area contributed by atoms with Crippen molar-refractivity contribution >= 4 is 46.9 Å². The molecule has 1 aliphatic heterocycles. The fourth-order valence-corrected chi connectivity index (χ4v) is 9.19. The van der Waals surface area contributed by atoms with Crippen molar-refractivity contribution in [3.05, 3.63) is 130 Å². The molecule has 2 heterocycles. The minimum atomic E-state index is -3.95. The Morgan fingerprint density at radius 2 is 1.47 bits per heavy atom. The van der Waals surface area contributed by atoms with Crippen LogP contribution in [-0.2, 0) is 31.2 Å². The Morgan fingerprint density at radius 1 is 0.851 bits per heavy atom. The molecule has 1 aliphatic rings. The van der Waals surface area contributed by atoms with E-state index in [1.807, 2.05) is 50.2 Å². The molecule has 0 spiro atoms. The van der Waals surface area contributed by atoms with Gasteiger partial charge in [0.25, 0.3) is 10.0 Å². The maximum absolute atomic E-state index is 13.9. The number of sulfonamides is 1. The average Bonchev–Trinajstić information content (AvgIpc) is 3.44. The predicted molar refractivity (Wildman–Crippen MR) is 185 cm³/mol. The Morgan fingerprint density at radius 3 is 2.11 bits per heavy atom. The number of hydrogen-bond donors (Lipinski definition) is 1. The molecule has 1 saturated heterocycles. The minimum absolute atomic E-state index is 0.0497. The lowest BCUT2D eigenvalue weighted by Gasteiger charge is -2.37. The van der Waals surface area contributed by atoms with Crippen LogP contribution >= 0.6 is 15.9 Å². The maximum Gasteiger partial charge on any atom is 0.268 e. The van der Waals surface area contributed by atoms with Gasteiger partial charge in [-0.3, -0.25) is 0 Å². The van der Waals surface area contributed by atoms with Crippen molar-refractivity contribution in [2.45, 2.75) is 42.4 Å². The molecule has 0 radical (unpaired) electrons. The molecule has 1 aromatic heterocycles. The third kappa shape index (κ3) is 6.81. The topological polar surface area (TPSA) is 106 Å². The number of benzene rings is 4. The number of halogens is 1. The minimum Gasteiger partial charge on any atom is -0.380 e. The quantitative estimate of drug-likeness (QED) is 0.200. The molecule has 1 unspecified atom stereocenters. The Kier molecular flexibility index (Phi) is 9.45. The van der Waals surface area contributed by atoms with Crippen molar-refractivity contribution in [1.29, 1.82) is 0 Å². The van der Waals surface area contributed by atoms with Gasteiger partial charge in [-0.1, -0.05) is 99.6 Å². The predicted octanol–water partition coefficient (Wildman–Crippen LogP) is 6.20. The van der Waals surface area contributed by atoms with Crippen LogP contribution in [0.1, 0.15) is 28.5 Å². The van der Waals surface area contributed by atoms with Gasteiger partial charge in [0.1, 0.15) is 12.3 Å². The first-order valence-corrected chi connectivity index (χ1v) is 18.7. The summed E-state index contributed by atoms with van der Waals surface area (Å²) in [6.07, 6.45) is -0.407. The average molecular weight is 734 g/mol. The number of ether oxygens (including phenoxy) is 1. The van der Waals surface area contributed by atoms with Crippen molar-refractivity contribution in [2.75, 3.05) is 13.2 Å². The van der Waals surface area contributed by atoms with E-state index in [1.165, 1.54) is 14.5 Å². The number of aryl methyl sites for hydroxylation is 2. The lowest BCUT2D eigenvalue weighted by Crippen LogP contribution is -2.45. The first-order chi connectivity index (χ1) is 22.4. The van der Waals surface area contributed by atoms with Gasteiger partial charge in [-0.2, -0.15) is 4.31 Å². The van der Waals surface area contributed by atoms with E-state index in [2.05, 4.69) is 27.8 Å². The SMILES string of the molecule is Cc1ccc(S(=O)(=O)N2C[C@H](C#CC(O)Cc3cn(S(=O)(=O)c4ccc(C)cc4)c4cccc(Br)c34)CO[C@@H]2c2ccccc2)cc1. The lowest BCUT2D eigenvalue weighted by molar-refractivity contribution is -0.0718. The molecule has 242 valence electrons. The number of fused-ring (bicyclic) bond motifs is 1. The van der Waals surface area contributed by atoms with Gasteiger partial charge >= 0.3 is 0 Å². The van der Waals surface area contributed by atoms with Crippen LogP contribution < -0.4 is 0 Å². The summed E-state index contributed by atoms with van der Waals surface area (Å²) >= 11 is 3.55. The number of aliphatic hydroxyl groups is 1. The molecule has 0 bridgehead atoms. The number of rotatable bonds is 7. The highest BCUT2D eigenvalue weighted by Crippen LogP contribution is 2.35. The molecule has 0 saturated carbocycles. The Hall–Kier alpha value is -3.76. The summed E-state index contributed by atoms with van der Waals surface area (Å²) in [6.45, 7) is 4.01. The fraction of sp³-hybridized carbons (Fsp3) is 0.222. The van der Waals surface area contributed by atoms with Gasteiger partial charge in [0.2, 0.25) is 10.0 Å². The summed E-state index contributed by atoms with van der Waals surface area (Å²) in [6, 6.07) is 27.8. The maximum atomic E-state index is 13.9. The molecule has 0 amide bonds. The van der Waals surface area contributed by atoms with Crippen LogP contribution in [-0.4, -0.2) is 49.5 Å². The van der Waals surface area contributed by atoms with Crippen LogP contribution in [0.3, 0.4) is 0 Å². The largest absolute Gasteiger partial charge is 0.380 e. The van der Waals surface area contributed by atoms with E-state index < -0.39 is 38.3 Å². The van der Waals surface area contributed by atoms with E-state index in [-0.39, 0.29) is 29.4 Å². The van der Waals surface area contributed by atoms with E-state index in [0.717, 1.165) is 11.1 Å². The van der Waals surface area contributed by atoms with Crippen molar-refractivity contribution in [1.82, 2.24) is 8.28 Å². The van der Waals surface area contributed by atoms with Crippen molar-refractivity contribution in [2.24, 2.45) is 5.92 Å². The summed E-state index contributed by atoms with van der Waals surface area (Å²) in [5, 5.41) is 11.7. The number of hydrogen-bond acceptors (Lipinski definition) is 6. The molecule has 1 N–H and O–H groups in total. The van der Waals surface area contributed by atoms with Crippen LogP contribution in [0.5, 0.6) is 0 Å². The van der Waals surface area contributed by atoms with E-state index in [1.54, 1.807) is 60.7 Å². The second-order valence-corrected chi connectivity index (χ2v) is 16.2. The second-order valence-electron chi connectivity index (χ2n) is 11.6. The number of aromatic nitrogens is 1. The molecular weight excluding hydrogens is 700 g/mol. The van der Waals surface area contributed by atoms with Crippen molar-refractivity contribution < 1.29 is 26.7 Å². The summed E-state index contributed by atoms with van der Waals surface area (Å²) in [5.74, 6) is 5.40. The fourth-order valence-electron chi connectivity index (χ4n) is 5.63. The molecule has 6 rings (SSSR count). The van der Waals surface area contributed by atoms with Gasteiger partial charge in [-0.25, -0.2) is 20.8 Å². The van der Waals surface area contributed by atoms with Crippen LogP contribution in [0, 0.1) is 31.6 Å². The summed E-state index contributed by atoms with van der Waals surface area (Å²) < 4.78 is 64.4. The lowest BCUT2D eigenvalue weighted by atomic mass is 10.0. The first kappa shape index (κ1) is 33.2. The normalized spacial score (nSPS) is 18.0. The van der Waals surface area contributed by atoms with Crippen LogP contribution in [0.15, 0.2) is 118 Å². The van der Waals surface area contributed by atoms with Gasteiger partial charge in [-0.15, -0.1) is 0 Å². The Bertz CT molecular complexity index is 2190. The van der Waals surface area contributed by atoms with Gasteiger partial charge in [0.15, 0.2) is 0 Å². The Balaban J connectivity index is 1.27. The molecule has 47 heavy (non-hydrogen) atoms. The third-order valence-electron chi connectivity index (χ3n) is 8.10. The van der Waals surface area contributed by atoms with E-state index in [0.29, 0.717) is 26.5 Å². The standard InChI is InChI=1S/C36H33BrN2O6S2/c1-25-11-17-31(18-12-25)46(41,42)38-23-29(35-33(37)9-6-10-34(35)38)21-30(40)16-15-27-22-39(36(45-24-27)28-7-4-3-5-8-28)47(43,44)32-19-13-26(2)14-20-32/h3-14,17-20,23,27,30,36,40H,21-22,24H2,1-2H3/t27-,30?,36+/m0/s1. The summed E-state index contributed by atoms with van der Waals surface area (Å²) in [7, 11) is -7.87. The summed E-state index contributed by atoms with van der Waals surface area (Å²) in [4.78, 5) is 0.312. The third-order valence-corrected chi connectivity index (χ3v) is 12.3. The molecular formula is C36H33BrN2O6S2. The number of nitrogens with zero attached hydrogens (tertiary/aromatic N) is 2. The van der Waals surface area contributed by atoms with Crippen molar-refractivity contribution in [3.8, 4) is 11.8 Å². The number of aliphatic hydroxyl groups excluding tert-OH is 1. The molecule has 4 aromatic carbocycles. The summed E-state index contributed by atoms with van der Waals surface area (Å²) in [5.41, 5.74) is 3.66. The Labute approximate surface area is 283 Å². The zero-order chi connectivity index (χ0) is 33.3. The monoisotopic (exact) mass is 732 g/mol. The second kappa shape index (κ2) is 13.4. The zero-order valence-electron chi connectivity index (χ0n) is 25.7. The molecule has 3 atom stereocenters. The molecule has 11 heteroatoms. The van der Waals surface area contributed by atoms with E-state index in [4.69, 9.17) is 4.74 Å². The van der Waals surface area contributed by atoms with Gasteiger partial charge < -0.3 is 9.84 Å². The molecule has 0 aliphatic carbocycles. The van der Waals surface area contributed by atoms with E-state index >= 15 is 0 Å². The smallest absolute Gasteiger partial charge is 0.268 e. The van der Waals surface area contributed by atoms with Crippen LogP contribution in [0.25, 0.3) is 10.9 Å². The van der Waals surface area contributed by atoms with Gasteiger partial charge in [0.05, 0.1) is 27.8 Å². The van der Waals surface area contributed by atoms with Gasteiger partial charge in [0, 0.05) is 29.0 Å².